The van der Waals surface area contributed by atoms with Gasteiger partial charge in [-0.3, -0.25) is 10.2 Å². The van der Waals surface area contributed by atoms with Crippen LogP contribution in [-0.4, -0.2) is 49.0 Å². The van der Waals surface area contributed by atoms with Gasteiger partial charge in [0.05, 0.1) is 0 Å². The first-order valence-electron chi connectivity index (χ1n) is 6.22. The largest absolute Gasteiger partial charge is 0.326 e. The highest BCUT2D eigenvalue weighted by Gasteiger charge is 2.16. The molecule has 0 unspecified atom stereocenters. The fourth-order valence-corrected chi connectivity index (χ4v) is 1.97. The van der Waals surface area contributed by atoms with Crippen molar-refractivity contribution < 1.29 is 4.79 Å². The monoisotopic (exact) mass is 248 g/mol. The summed E-state index contributed by atoms with van der Waals surface area (Å²) in [4.78, 5) is 14.3. The van der Waals surface area contributed by atoms with E-state index in [4.69, 9.17) is 5.73 Å². The molecular weight excluding hydrogens is 228 g/mol. The number of rotatable bonds is 3. The van der Waals surface area contributed by atoms with Crippen LogP contribution in [0.25, 0.3) is 0 Å². The molecule has 0 atom stereocenters. The summed E-state index contributed by atoms with van der Waals surface area (Å²) in [6.07, 6.45) is 0. The van der Waals surface area contributed by atoms with Crippen molar-refractivity contribution in [2.75, 3.05) is 33.2 Å². The molecule has 0 bridgehead atoms. The molecule has 1 heterocycles. The van der Waals surface area contributed by atoms with Crippen molar-refractivity contribution in [3.8, 4) is 0 Å². The third kappa shape index (κ3) is 3.29. The van der Waals surface area contributed by atoms with Crippen LogP contribution in [0.4, 0.5) is 0 Å². The summed E-state index contributed by atoms with van der Waals surface area (Å²) in [5, 5.41) is 1.97. The average molecular weight is 248 g/mol. The molecule has 1 aromatic carbocycles. The van der Waals surface area contributed by atoms with E-state index >= 15 is 0 Å². The van der Waals surface area contributed by atoms with E-state index in [0.717, 1.165) is 31.7 Å². The molecule has 1 amide bonds. The number of carbonyl (C=O) groups is 1. The molecule has 1 fully saturated rings. The summed E-state index contributed by atoms with van der Waals surface area (Å²) in [5.41, 5.74) is 10.1. The van der Waals surface area contributed by atoms with E-state index in [0.29, 0.717) is 12.1 Å². The zero-order valence-electron chi connectivity index (χ0n) is 10.7. The zero-order chi connectivity index (χ0) is 13.0. The Morgan fingerprint density at radius 1 is 1.33 bits per heavy atom. The Balaban J connectivity index is 1.94. The molecule has 2 rings (SSSR count). The molecular formula is C13H20N4O. The summed E-state index contributed by atoms with van der Waals surface area (Å²) in [7, 11) is 2.09. The van der Waals surface area contributed by atoms with Gasteiger partial charge in [-0.05, 0) is 24.7 Å². The normalized spacial score (nSPS) is 17.7. The molecule has 18 heavy (non-hydrogen) atoms. The Kier molecular flexibility index (Phi) is 4.30. The van der Waals surface area contributed by atoms with Gasteiger partial charge in [0.15, 0.2) is 0 Å². The van der Waals surface area contributed by atoms with E-state index < -0.39 is 0 Å². The maximum atomic E-state index is 12.1. The second kappa shape index (κ2) is 5.95. The molecule has 5 heteroatoms. The van der Waals surface area contributed by atoms with E-state index in [1.165, 1.54) is 0 Å². The van der Waals surface area contributed by atoms with Crippen LogP contribution in [0.15, 0.2) is 24.3 Å². The van der Waals surface area contributed by atoms with Gasteiger partial charge in [-0.1, -0.05) is 12.1 Å². The number of nitrogens with one attached hydrogen (secondary N) is 1. The number of nitrogens with two attached hydrogens (primary N) is 1. The highest BCUT2D eigenvalue weighted by Crippen LogP contribution is 2.05. The van der Waals surface area contributed by atoms with Gasteiger partial charge in [0.25, 0.3) is 5.91 Å². The average Bonchev–Trinajstić information content (AvgIpc) is 2.41. The lowest BCUT2D eigenvalue weighted by Gasteiger charge is -2.32. The highest BCUT2D eigenvalue weighted by atomic mass is 16.2. The Bertz CT molecular complexity index is 413. The Morgan fingerprint density at radius 3 is 2.72 bits per heavy atom. The van der Waals surface area contributed by atoms with Gasteiger partial charge in [-0.2, -0.15) is 0 Å². The molecule has 0 radical (unpaired) electrons. The minimum absolute atomic E-state index is 0.0603. The predicted octanol–water partition coefficient (Wildman–Crippen LogP) is 0.0375. The lowest BCUT2D eigenvalue weighted by atomic mass is 10.1. The lowest BCUT2D eigenvalue weighted by molar-refractivity contribution is 0.0662. The van der Waals surface area contributed by atoms with Crippen LogP contribution in [-0.2, 0) is 6.54 Å². The van der Waals surface area contributed by atoms with Gasteiger partial charge in [-0.25, -0.2) is 5.01 Å². The smallest absolute Gasteiger partial charge is 0.265 e. The van der Waals surface area contributed by atoms with Crippen LogP contribution in [0.5, 0.6) is 0 Å². The summed E-state index contributed by atoms with van der Waals surface area (Å²) < 4.78 is 0. The predicted molar refractivity (Wildman–Crippen MR) is 70.9 cm³/mol. The third-order valence-corrected chi connectivity index (χ3v) is 3.19. The van der Waals surface area contributed by atoms with Crippen molar-refractivity contribution in [3.05, 3.63) is 35.4 Å². The van der Waals surface area contributed by atoms with Crippen molar-refractivity contribution in [2.24, 2.45) is 5.73 Å². The van der Waals surface area contributed by atoms with E-state index in [9.17, 15) is 4.79 Å². The summed E-state index contributed by atoms with van der Waals surface area (Å²) in [5.74, 6) is -0.0603. The van der Waals surface area contributed by atoms with E-state index in [-0.39, 0.29) is 5.91 Å². The molecule has 0 saturated carbocycles. The van der Waals surface area contributed by atoms with Gasteiger partial charge < -0.3 is 10.6 Å². The number of likely N-dealkylation sites (N-methyl/N-ethyl adjacent to an activating group) is 1. The second-order valence-corrected chi connectivity index (χ2v) is 4.64. The summed E-state index contributed by atoms with van der Waals surface area (Å²) in [6.45, 7) is 4.12. The number of hydrogen-bond acceptors (Lipinski definition) is 4. The van der Waals surface area contributed by atoms with Crippen molar-refractivity contribution in [2.45, 2.75) is 6.54 Å². The van der Waals surface area contributed by atoms with Gasteiger partial charge in [-0.15, -0.1) is 0 Å². The molecule has 3 N–H and O–H groups in total. The van der Waals surface area contributed by atoms with Crippen LogP contribution < -0.4 is 11.2 Å². The van der Waals surface area contributed by atoms with Crippen LogP contribution >= 0.6 is 0 Å². The maximum absolute atomic E-state index is 12.1. The fraction of sp³-hybridized carbons (Fsp3) is 0.462. The number of piperazine rings is 1. The minimum Gasteiger partial charge on any atom is -0.326 e. The summed E-state index contributed by atoms with van der Waals surface area (Å²) >= 11 is 0. The van der Waals surface area contributed by atoms with Crippen LogP contribution in [0.3, 0.4) is 0 Å². The standard InChI is InChI=1S/C13H20N4O/c1-16-5-7-17(8-6-16)15-13(18)12-4-2-3-11(9-12)10-14/h2-4,9H,5-8,10,14H2,1H3,(H,15,18). The van der Waals surface area contributed by atoms with Crippen LogP contribution in [0, 0.1) is 0 Å². The molecule has 98 valence electrons. The number of amides is 1. The quantitative estimate of drug-likeness (QED) is 0.793. The lowest BCUT2D eigenvalue weighted by Crippen LogP contribution is -2.52. The molecule has 0 spiro atoms. The molecule has 1 aliphatic rings. The molecule has 0 aliphatic carbocycles. The molecule has 5 nitrogen and oxygen atoms in total. The Labute approximate surface area is 108 Å². The fourth-order valence-electron chi connectivity index (χ4n) is 1.97. The van der Waals surface area contributed by atoms with Crippen molar-refractivity contribution in [1.29, 1.82) is 0 Å². The van der Waals surface area contributed by atoms with Gasteiger partial charge >= 0.3 is 0 Å². The van der Waals surface area contributed by atoms with E-state index in [2.05, 4.69) is 17.4 Å². The van der Waals surface area contributed by atoms with Gasteiger partial charge in [0.2, 0.25) is 0 Å². The number of hydrogen-bond donors (Lipinski definition) is 2. The number of hydrazine groups is 1. The molecule has 1 saturated heterocycles. The van der Waals surface area contributed by atoms with Crippen molar-refractivity contribution in [1.82, 2.24) is 15.3 Å². The van der Waals surface area contributed by atoms with Crippen molar-refractivity contribution >= 4 is 5.91 Å². The number of nitrogens with zero attached hydrogens (tertiary/aromatic N) is 2. The van der Waals surface area contributed by atoms with Crippen LogP contribution in [0.2, 0.25) is 0 Å². The topological polar surface area (TPSA) is 61.6 Å². The SMILES string of the molecule is CN1CCN(NC(=O)c2cccc(CN)c2)CC1. The minimum atomic E-state index is -0.0603. The first-order valence-corrected chi connectivity index (χ1v) is 6.22. The first-order chi connectivity index (χ1) is 8.69. The Hall–Kier alpha value is -1.43. The molecule has 1 aromatic rings. The van der Waals surface area contributed by atoms with E-state index in [1.807, 2.05) is 29.3 Å². The number of benzene rings is 1. The second-order valence-electron chi connectivity index (χ2n) is 4.64. The maximum Gasteiger partial charge on any atom is 0.265 e. The Morgan fingerprint density at radius 2 is 2.06 bits per heavy atom. The van der Waals surface area contributed by atoms with E-state index in [1.54, 1.807) is 0 Å². The zero-order valence-corrected chi connectivity index (χ0v) is 10.7. The highest BCUT2D eigenvalue weighted by molar-refractivity contribution is 5.94. The van der Waals surface area contributed by atoms with Crippen molar-refractivity contribution in [3.63, 3.8) is 0 Å². The van der Waals surface area contributed by atoms with Gasteiger partial charge in [0, 0.05) is 38.3 Å². The van der Waals surface area contributed by atoms with Gasteiger partial charge in [0.1, 0.15) is 0 Å². The summed E-state index contributed by atoms with van der Waals surface area (Å²) in [6, 6.07) is 7.43. The van der Waals surface area contributed by atoms with Crippen LogP contribution in [0.1, 0.15) is 15.9 Å². The first kappa shape index (κ1) is 13.0. The number of carbonyl (C=O) groups excluding carboxylic acids is 1. The molecule has 0 aromatic heterocycles. The molecule has 1 aliphatic heterocycles. The third-order valence-electron chi connectivity index (χ3n) is 3.19.